The van der Waals surface area contributed by atoms with Crippen molar-refractivity contribution in [1.29, 1.82) is 0 Å². The van der Waals surface area contributed by atoms with Crippen LogP contribution in [0.25, 0.3) is 0 Å². The number of rotatable bonds is 4. The van der Waals surface area contributed by atoms with Gasteiger partial charge in [0.2, 0.25) is 0 Å². The minimum atomic E-state index is 0.175. The molecule has 2 heteroatoms. The first-order valence-corrected chi connectivity index (χ1v) is 6.11. The van der Waals surface area contributed by atoms with Crippen LogP contribution >= 0.6 is 0 Å². The summed E-state index contributed by atoms with van der Waals surface area (Å²) in [7, 11) is 0. The van der Waals surface area contributed by atoms with E-state index in [1.807, 2.05) is 0 Å². The summed E-state index contributed by atoms with van der Waals surface area (Å²) in [5, 5.41) is 3.15. The lowest BCUT2D eigenvalue weighted by molar-refractivity contribution is -0.116. The fraction of sp³-hybridized carbons (Fsp3) is 0.533. The second-order valence-electron chi connectivity index (χ2n) is 5.70. The molecule has 0 aromatic heterocycles. The molecule has 1 rings (SSSR count). The molecule has 1 N–H and O–H groups in total. The summed E-state index contributed by atoms with van der Waals surface area (Å²) in [6, 6.07) is 6.58. The zero-order chi connectivity index (χ0) is 13.1. The van der Waals surface area contributed by atoms with Crippen LogP contribution in [0.15, 0.2) is 18.2 Å². The Morgan fingerprint density at radius 1 is 1.29 bits per heavy atom. The molecule has 0 saturated carbocycles. The highest BCUT2D eigenvalue weighted by atomic mass is 16.1. The minimum Gasteiger partial charge on any atom is -0.306 e. The molecule has 0 amide bonds. The van der Waals surface area contributed by atoms with Crippen molar-refractivity contribution >= 4 is 5.78 Å². The maximum absolute atomic E-state index is 10.8. The van der Waals surface area contributed by atoms with E-state index in [1.54, 1.807) is 6.92 Å². The Morgan fingerprint density at radius 3 is 2.41 bits per heavy atom. The number of carbonyl (C=O) groups excluding carboxylic acids is 1. The van der Waals surface area contributed by atoms with E-state index in [9.17, 15) is 4.79 Å². The number of carbonyl (C=O) groups is 1. The highest BCUT2D eigenvalue weighted by molar-refractivity contribution is 5.77. The number of nitrogens with one attached hydrogen (secondary N) is 1. The third kappa shape index (κ3) is 4.31. The average Bonchev–Trinajstić information content (AvgIpc) is 2.18. The highest BCUT2D eigenvalue weighted by Crippen LogP contribution is 2.24. The molecule has 0 saturated heterocycles. The normalized spacial score (nSPS) is 11.6. The van der Waals surface area contributed by atoms with Crippen LogP contribution in [0.5, 0.6) is 0 Å². The number of ketones is 1. The Bertz CT molecular complexity index is 402. The zero-order valence-electron chi connectivity index (χ0n) is 11.6. The Kier molecular flexibility index (Phi) is 4.47. The molecular formula is C15H23NO. The van der Waals surface area contributed by atoms with Crippen molar-refractivity contribution in [1.82, 2.24) is 5.32 Å². The summed E-state index contributed by atoms with van der Waals surface area (Å²) < 4.78 is 0. The number of hydrogen-bond donors (Lipinski definition) is 1. The monoisotopic (exact) mass is 233 g/mol. The van der Waals surface area contributed by atoms with Gasteiger partial charge in [0, 0.05) is 6.54 Å². The predicted octanol–water partition coefficient (Wildman–Crippen LogP) is 2.97. The minimum absolute atomic E-state index is 0.175. The maximum Gasteiger partial charge on any atom is 0.143 e. The number of benzene rings is 1. The molecular weight excluding hydrogens is 210 g/mol. The van der Waals surface area contributed by atoms with Gasteiger partial charge in [0.15, 0.2) is 0 Å². The fourth-order valence-electron chi connectivity index (χ4n) is 1.73. The van der Waals surface area contributed by atoms with Gasteiger partial charge in [-0.05, 0) is 36.0 Å². The van der Waals surface area contributed by atoms with Gasteiger partial charge in [-0.1, -0.05) is 39.0 Å². The molecule has 1 aromatic rings. The summed E-state index contributed by atoms with van der Waals surface area (Å²) in [4.78, 5) is 10.8. The van der Waals surface area contributed by atoms with Crippen molar-refractivity contribution < 1.29 is 4.79 Å². The molecule has 0 heterocycles. The Morgan fingerprint density at radius 2 is 1.94 bits per heavy atom. The van der Waals surface area contributed by atoms with Crippen LogP contribution in [0.2, 0.25) is 0 Å². The van der Waals surface area contributed by atoms with Crippen molar-refractivity contribution in [2.75, 3.05) is 6.54 Å². The summed E-state index contributed by atoms with van der Waals surface area (Å²) in [6.45, 7) is 11.6. The van der Waals surface area contributed by atoms with E-state index in [0.717, 1.165) is 6.54 Å². The van der Waals surface area contributed by atoms with Gasteiger partial charge in [-0.15, -0.1) is 0 Å². The van der Waals surface area contributed by atoms with Gasteiger partial charge in [0.1, 0.15) is 5.78 Å². The maximum atomic E-state index is 10.8. The van der Waals surface area contributed by atoms with Crippen LogP contribution in [-0.4, -0.2) is 12.3 Å². The molecule has 17 heavy (non-hydrogen) atoms. The van der Waals surface area contributed by atoms with Gasteiger partial charge >= 0.3 is 0 Å². The molecule has 0 spiro atoms. The summed E-state index contributed by atoms with van der Waals surface area (Å²) in [5.41, 5.74) is 4.09. The first-order chi connectivity index (χ1) is 7.80. The molecule has 0 unspecified atom stereocenters. The smallest absolute Gasteiger partial charge is 0.143 e. The van der Waals surface area contributed by atoms with Gasteiger partial charge in [0.25, 0.3) is 0 Å². The Balaban J connectivity index is 2.73. The van der Waals surface area contributed by atoms with Crippen molar-refractivity contribution in [3.8, 4) is 0 Å². The quantitative estimate of drug-likeness (QED) is 0.866. The highest BCUT2D eigenvalue weighted by Gasteiger charge is 2.14. The van der Waals surface area contributed by atoms with Crippen LogP contribution in [0, 0.1) is 6.92 Å². The van der Waals surface area contributed by atoms with E-state index in [2.05, 4.69) is 51.2 Å². The average molecular weight is 233 g/mol. The molecule has 0 fully saturated rings. The SMILES string of the molecule is CC(=O)CNCc1ccc(C(C)(C)C)cc1C. The van der Waals surface area contributed by atoms with E-state index in [4.69, 9.17) is 0 Å². The lowest BCUT2D eigenvalue weighted by atomic mass is 9.85. The standard InChI is InChI=1S/C15H23NO/c1-11-8-14(15(3,4)5)7-6-13(11)10-16-9-12(2)17/h6-8,16H,9-10H2,1-5H3. The van der Waals surface area contributed by atoms with Crippen LogP contribution < -0.4 is 5.32 Å². The number of hydrogen-bond acceptors (Lipinski definition) is 2. The van der Waals surface area contributed by atoms with Crippen molar-refractivity contribution in [3.63, 3.8) is 0 Å². The lowest BCUT2D eigenvalue weighted by Gasteiger charge is -2.20. The number of Topliss-reactive ketones (excluding diaryl/α,β-unsaturated/α-hetero) is 1. The third-order valence-electron chi connectivity index (χ3n) is 2.90. The second-order valence-corrected chi connectivity index (χ2v) is 5.70. The van der Waals surface area contributed by atoms with Gasteiger partial charge < -0.3 is 5.32 Å². The van der Waals surface area contributed by atoms with E-state index in [-0.39, 0.29) is 11.2 Å². The van der Waals surface area contributed by atoms with Crippen LogP contribution in [0.3, 0.4) is 0 Å². The van der Waals surface area contributed by atoms with Gasteiger partial charge in [-0.3, -0.25) is 4.79 Å². The molecule has 0 aliphatic heterocycles. The van der Waals surface area contributed by atoms with Crippen molar-refractivity contribution in [2.45, 2.75) is 46.6 Å². The van der Waals surface area contributed by atoms with Crippen molar-refractivity contribution in [2.24, 2.45) is 0 Å². The predicted molar refractivity (Wildman–Crippen MR) is 72.3 cm³/mol. The van der Waals surface area contributed by atoms with Crippen LogP contribution in [-0.2, 0) is 16.8 Å². The Hall–Kier alpha value is -1.15. The lowest BCUT2D eigenvalue weighted by Crippen LogP contribution is -2.21. The molecule has 0 aliphatic carbocycles. The molecule has 0 aliphatic rings. The van der Waals surface area contributed by atoms with Crippen LogP contribution in [0.4, 0.5) is 0 Å². The first-order valence-electron chi connectivity index (χ1n) is 6.11. The summed E-state index contributed by atoms with van der Waals surface area (Å²) in [5.74, 6) is 0.175. The summed E-state index contributed by atoms with van der Waals surface area (Å²) in [6.07, 6.45) is 0. The molecule has 0 radical (unpaired) electrons. The van der Waals surface area contributed by atoms with E-state index < -0.39 is 0 Å². The third-order valence-corrected chi connectivity index (χ3v) is 2.90. The van der Waals surface area contributed by atoms with Gasteiger partial charge in [-0.2, -0.15) is 0 Å². The molecule has 1 aromatic carbocycles. The topological polar surface area (TPSA) is 29.1 Å². The fourth-order valence-corrected chi connectivity index (χ4v) is 1.73. The molecule has 0 bridgehead atoms. The summed E-state index contributed by atoms with van der Waals surface area (Å²) >= 11 is 0. The number of aryl methyl sites for hydroxylation is 1. The molecule has 94 valence electrons. The molecule has 2 nitrogen and oxygen atoms in total. The Labute approximate surface area is 104 Å². The van der Waals surface area contributed by atoms with Gasteiger partial charge in [-0.25, -0.2) is 0 Å². The van der Waals surface area contributed by atoms with Gasteiger partial charge in [0.05, 0.1) is 6.54 Å². The van der Waals surface area contributed by atoms with E-state index >= 15 is 0 Å². The van der Waals surface area contributed by atoms with Crippen LogP contribution in [0.1, 0.15) is 44.4 Å². The van der Waals surface area contributed by atoms with E-state index in [1.165, 1.54) is 16.7 Å². The zero-order valence-corrected chi connectivity index (χ0v) is 11.6. The first kappa shape index (κ1) is 13.9. The second kappa shape index (κ2) is 5.46. The molecule has 0 atom stereocenters. The van der Waals surface area contributed by atoms with E-state index in [0.29, 0.717) is 6.54 Å². The largest absolute Gasteiger partial charge is 0.306 e. The van der Waals surface area contributed by atoms with Crippen molar-refractivity contribution in [3.05, 3.63) is 34.9 Å².